The second kappa shape index (κ2) is 9.62. The highest BCUT2D eigenvalue weighted by atomic mass is 28.3. The van der Waals surface area contributed by atoms with Gasteiger partial charge in [-0.3, -0.25) is 0 Å². The topological polar surface area (TPSA) is 0 Å². The molecule has 0 radical (unpaired) electrons. The van der Waals surface area contributed by atoms with Gasteiger partial charge in [-0.15, -0.1) is 0 Å². The molecule has 0 aliphatic carbocycles. The molecule has 0 aliphatic heterocycles. The van der Waals surface area contributed by atoms with E-state index in [2.05, 4.69) is 159 Å². The zero-order valence-corrected chi connectivity index (χ0v) is 24.3. The first kappa shape index (κ1) is 24.6. The molecule has 7 aromatic rings. The standard InChI is InChI=1S/C39H32Si/c1-40(2,3)37-26-25-36(30-15-7-8-16-31(30)37)39-34-19-11-9-17-32(34)38(33-18-10-12-20-35(33)39)29-23-21-28(22-24-29)27-13-5-4-6-14-27/h4-26H,1-3H3. The Morgan fingerprint density at radius 2 is 0.750 bits per heavy atom. The molecule has 0 atom stereocenters. The maximum absolute atomic E-state index is 2.44. The van der Waals surface area contributed by atoms with E-state index >= 15 is 0 Å². The molecule has 0 spiro atoms. The molecule has 1 heteroatoms. The van der Waals surface area contributed by atoms with Crippen LogP contribution in [0.4, 0.5) is 0 Å². The lowest BCUT2D eigenvalue weighted by atomic mass is 9.84. The molecular weight excluding hydrogens is 497 g/mol. The molecule has 0 aromatic heterocycles. The van der Waals surface area contributed by atoms with Crippen molar-refractivity contribution in [1.82, 2.24) is 0 Å². The normalized spacial score (nSPS) is 11.9. The third-order valence-electron chi connectivity index (χ3n) is 8.21. The summed E-state index contributed by atoms with van der Waals surface area (Å²) < 4.78 is 0. The Balaban J connectivity index is 1.53. The van der Waals surface area contributed by atoms with Crippen molar-refractivity contribution in [3.05, 3.63) is 140 Å². The molecule has 0 bridgehead atoms. The predicted molar refractivity (Wildman–Crippen MR) is 178 cm³/mol. The molecule has 0 N–H and O–H groups in total. The van der Waals surface area contributed by atoms with Gasteiger partial charge in [-0.25, -0.2) is 0 Å². The van der Waals surface area contributed by atoms with E-state index in [1.165, 1.54) is 70.9 Å². The minimum Gasteiger partial charge on any atom is -0.0656 e. The van der Waals surface area contributed by atoms with Crippen molar-refractivity contribution < 1.29 is 0 Å². The van der Waals surface area contributed by atoms with E-state index in [1.807, 2.05) is 0 Å². The minimum absolute atomic E-state index is 1.24. The fourth-order valence-corrected chi connectivity index (χ4v) is 7.97. The maximum Gasteiger partial charge on any atom is 0.0784 e. The Kier molecular flexibility index (Phi) is 5.91. The lowest BCUT2D eigenvalue weighted by Crippen LogP contribution is -2.38. The smallest absolute Gasteiger partial charge is 0.0656 e. The summed E-state index contributed by atoms with van der Waals surface area (Å²) in [6.45, 7) is 7.32. The van der Waals surface area contributed by atoms with Gasteiger partial charge in [0.15, 0.2) is 0 Å². The lowest BCUT2D eigenvalue weighted by Gasteiger charge is -2.23. The van der Waals surface area contributed by atoms with Crippen LogP contribution >= 0.6 is 0 Å². The number of hydrogen-bond donors (Lipinski definition) is 0. The summed E-state index contributed by atoms with van der Waals surface area (Å²) in [6.07, 6.45) is 0. The Morgan fingerprint density at radius 1 is 0.325 bits per heavy atom. The quantitative estimate of drug-likeness (QED) is 0.157. The van der Waals surface area contributed by atoms with Crippen LogP contribution in [0.25, 0.3) is 65.7 Å². The minimum atomic E-state index is -1.51. The van der Waals surface area contributed by atoms with Crippen LogP contribution in [0.3, 0.4) is 0 Å². The van der Waals surface area contributed by atoms with Crippen LogP contribution in [0.15, 0.2) is 140 Å². The monoisotopic (exact) mass is 528 g/mol. The maximum atomic E-state index is 2.44. The van der Waals surface area contributed by atoms with Crippen molar-refractivity contribution in [2.75, 3.05) is 0 Å². The van der Waals surface area contributed by atoms with Crippen molar-refractivity contribution in [1.29, 1.82) is 0 Å². The molecule has 0 saturated heterocycles. The van der Waals surface area contributed by atoms with Crippen molar-refractivity contribution in [2.45, 2.75) is 19.6 Å². The van der Waals surface area contributed by atoms with Gasteiger partial charge in [0, 0.05) is 0 Å². The van der Waals surface area contributed by atoms with Gasteiger partial charge in [0.25, 0.3) is 0 Å². The van der Waals surface area contributed by atoms with E-state index in [4.69, 9.17) is 0 Å². The highest BCUT2D eigenvalue weighted by molar-refractivity contribution is 6.90. The zero-order valence-electron chi connectivity index (χ0n) is 23.3. The summed E-state index contributed by atoms with van der Waals surface area (Å²) >= 11 is 0. The van der Waals surface area contributed by atoms with E-state index in [9.17, 15) is 0 Å². The molecule has 0 nitrogen and oxygen atoms in total. The van der Waals surface area contributed by atoms with E-state index in [0.717, 1.165) is 0 Å². The summed E-state index contributed by atoms with van der Waals surface area (Å²) in [5, 5.41) is 9.45. The fraction of sp³-hybridized carbons (Fsp3) is 0.0769. The van der Waals surface area contributed by atoms with Crippen LogP contribution in [0.1, 0.15) is 0 Å². The Bertz CT molecular complexity index is 1950. The highest BCUT2D eigenvalue weighted by Gasteiger charge is 2.22. The molecule has 0 aliphatic rings. The van der Waals surface area contributed by atoms with Crippen LogP contribution in [0.5, 0.6) is 0 Å². The van der Waals surface area contributed by atoms with Crippen LogP contribution in [-0.4, -0.2) is 8.07 Å². The predicted octanol–water partition coefficient (Wildman–Crippen LogP) is 10.7. The first-order chi connectivity index (χ1) is 19.5. The Hall–Kier alpha value is -4.46. The molecule has 0 heterocycles. The van der Waals surface area contributed by atoms with Crippen molar-refractivity contribution >= 4 is 45.6 Å². The summed E-state index contributed by atoms with van der Waals surface area (Å²) in [7, 11) is -1.51. The Morgan fingerprint density at radius 3 is 1.30 bits per heavy atom. The van der Waals surface area contributed by atoms with Crippen molar-refractivity contribution in [3.63, 3.8) is 0 Å². The molecular formula is C39H32Si. The molecule has 192 valence electrons. The average Bonchev–Trinajstić information content (AvgIpc) is 2.99. The van der Waals surface area contributed by atoms with E-state index in [-0.39, 0.29) is 0 Å². The molecule has 40 heavy (non-hydrogen) atoms. The van der Waals surface area contributed by atoms with Crippen LogP contribution < -0.4 is 5.19 Å². The third kappa shape index (κ3) is 4.06. The lowest BCUT2D eigenvalue weighted by molar-refractivity contribution is 1.61. The van der Waals surface area contributed by atoms with Gasteiger partial charge >= 0.3 is 0 Å². The summed E-state index contributed by atoms with van der Waals surface area (Å²) in [4.78, 5) is 0. The average molecular weight is 529 g/mol. The largest absolute Gasteiger partial charge is 0.0784 e. The second-order valence-corrected chi connectivity index (χ2v) is 16.8. The number of rotatable bonds is 4. The summed E-state index contributed by atoms with van der Waals surface area (Å²) in [6, 6.07) is 51.4. The Labute approximate surface area is 237 Å². The first-order valence-corrected chi connectivity index (χ1v) is 17.6. The zero-order chi connectivity index (χ0) is 27.3. The van der Waals surface area contributed by atoms with Gasteiger partial charge < -0.3 is 0 Å². The van der Waals surface area contributed by atoms with Gasteiger partial charge in [0.2, 0.25) is 0 Å². The van der Waals surface area contributed by atoms with Crippen LogP contribution in [0, 0.1) is 0 Å². The van der Waals surface area contributed by atoms with Gasteiger partial charge in [-0.2, -0.15) is 0 Å². The van der Waals surface area contributed by atoms with Gasteiger partial charge in [0.05, 0.1) is 8.07 Å². The first-order valence-electron chi connectivity index (χ1n) is 14.1. The third-order valence-corrected chi connectivity index (χ3v) is 10.3. The summed E-state index contributed by atoms with van der Waals surface area (Å²) in [5.41, 5.74) is 7.68. The van der Waals surface area contributed by atoms with Gasteiger partial charge in [-0.05, 0) is 65.7 Å². The molecule has 0 saturated carbocycles. The van der Waals surface area contributed by atoms with Gasteiger partial charge in [0.1, 0.15) is 0 Å². The van der Waals surface area contributed by atoms with Crippen molar-refractivity contribution in [3.8, 4) is 33.4 Å². The van der Waals surface area contributed by atoms with Crippen molar-refractivity contribution in [2.24, 2.45) is 0 Å². The number of hydrogen-bond acceptors (Lipinski definition) is 0. The second-order valence-electron chi connectivity index (χ2n) is 11.7. The van der Waals surface area contributed by atoms with E-state index in [0.29, 0.717) is 0 Å². The number of benzene rings is 7. The molecule has 0 fully saturated rings. The highest BCUT2D eigenvalue weighted by Crippen LogP contribution is 2.45. The van der Waals surface area contributed by atoms with E-state index < -0.39 is 8.07 Å². The molecule has 0 unspecified atom stereocenters. The molecule has 7 aromatic carbocycles. The molecule has 7 rings (SSSR count). The summed E-state index contributed by atoms with van der Waals surface area (Å²) in [5.74, 6) is 0. The SMILES string of the molecule is C[Si](C)(C)c1ccc(-c2c3ccccc3c(-c3ccc(-c4ccccc4)cc3)c3ccccc23)c2ccccc12. The van der Waals surface area contributed by atoms with E-state index in [1.54, 1.807) is 0 Å². The molecule has 0 amide bonds. The van der Waals surface area contributed by atoms with Gasteiger partial charge in [-0.1, -0.05) is 164 Å². The van der Waals surface area contributed by atoms with Crippen LogP contribution in [-0.2, 0) is 0 Å². The van der Waals surface area contributed by atoms with Crippen LogP contribution in [0.2, 0.25) is 19.6 Å². The fourth-order valence-electron chi connectivity index (χ4n) is 6.36. The number of fused-ring (bicyclic) bond motifs is 3.